The summed E-state index contributed by atoms with van der Waals surface area (Å²) in [5, 5.41) is 2.67. The lowest BCUT2D eigenvalue weighted by Crippen LogP contribution is -2.22. The molecule has 1 atom stereocenters. The molecule has 0 saturated carbocycles. The molecule has 4 nitrogen and oxygen atoms in total. The van der Waals surface area contributed by atoms with E-state index in [1.54, 1.807) is 32.4 Å². The number of amides is 1. The Hall–Kier alpha value is -2.14. The van der Waals surface area contributed by atoms with Crippen LogP contribution < -0.4 is 14.8 Å². The summed E-state index contributed by atoms with van der Waals surface area (Å²) in [6.45, 7) is 1.87. The topological polar surface area (TPSA) is 47.6 Å². The normalized spacial score (nSPS) is 11.6. The van der Waals surface area contributed by atoms with Gasteiger partial charge in [0.15, 0.2) is 0 Å². The summed E-state index contributed by atoms with van der Waals surface area (Å²) in [5.74, 6) is 1.19. The highest BCUT2D eigenvalue weighted by Crippen LogP contribution is 2.30. The van der Waals surface area contributed by atoms with Crippen LogP contribution >= 0.6 is 11.8 Å². The van der Waals surface area contributed by atoms with Crippen LogP contribution in [-0.4, -0.2) is 25.4 Å². The van der Waals surface area contributed by atoms with Crippen molar-refractivity contribution in [2.75, 3.05) is 19.5 Å². The molecule has 1 N–H and O–H groups in total. The van der Waals surface area contributed by atoms with Gasteiger partial charge in [-0.25, -0.2) is 0 Å². The summed E-state index contributed by atoms with van der Waals surface area (Å²) in [6.07, 6.45) is 0. The second kappa shape index (κ2) is 7.75. The van der Waals surface area contributed by atoms with Crippen LogP contribution in [0.1, 0.15) is 6.92 Å². The molecule has 0 spiro atoms. The fraction of sp³-hybridized carbons (Fsp3) is 0.235. The Morgan fingerprint density at radius 1 is 1.09 bits per heavy atom. The summed E-state index contributed by atoms with van der Waals surface area (Å²) in [7, 11) is 3.15. The maximum atomic E-state index is 12.4. The van der Waals surface area contributed by atoms with Gasteiger partial charge in [-0.3, -0.25) is 4.79 Å². The monoisotopic (exact) mass is 317 g/mol. The predicted molar refractivity (Wildman–Crippen MR) is 89.9 cm³/mol. The summed E-state index contributed by atoms with van der Waals surface area (Å²) < 4.78 is 10.4. The third-order valence-electron chi connectivity index (χ3n) is 3.09. The number of ether oxygens (including phenoxy) is 2. The van der Waals surface area contributed by atoms with Crippen molar-refractivity contribution in [3.05, 3.63) is 48.5 Å². The first kappa shape index (κ1) is 16.2. The number of methoxy groups -OCH3 is 2. The van der Waals surface area contributed by atoms with Crippen LogP contribution in [0.15, 0.2) is 53.4 Å². The third kappa shape index (κ3) is 4.18. The number of nitrogens with one attached hydrogen (secondary N) is 1. The number of carbonyl (C=O) groups excluding carboxylic acids is 1. The van der Waals surface area contributed by atoms with E-state index in [0.29, 0.717) is 17.2 Å². The molecule has 0 radical (unpaired) electrons. The van der Waals surface area contributed by atoms with Crippen LogP contribution in [0, 0.1) is 0 Å². The number of carbonyl (C=O) groups is 1. The predicted octanol–water partition coefficient (Wildman–Crippen LogP) is 3.82. The Balaban J connectivity index is 2.07. The average Bonchev–Trinajstić information content (AvgIpc) is 2.55. The summed E-state index contributed by atoms with van der Waals surface area (Å²) >= 11 is 1.51. The van der Waals surface area contributed by atoms with E-state index in [2.05, 4.69) is 5.32 Å². The van der Waals surface area contributed by atoms with Crippen molar-refractivity contribution in [2.24, 2.45) is 0 Å². The van der Waals surface area contributed by atoms with Gasteiger partial charge in [0, 0.05) is 11.0 Å². The zero-order valence-corrected chi connectivity index (χ0v) is 13.6. The molecular formula is C17H19NO3S. The summed E-state index contributed by atoms with van der Waals surface area (Å²) in [5.41, 5.74) is 0.604. The van der Waals surface area contributed by atoms with Gasteiger partial charge in [-0.05, 0) is 31.2 Å². The number of anilines is 1. The van der Waals surface area contributed by atoms with E-state index >= 15 is 0 Å². The van der Waals surface area contributed by atoms with Crippen molar-refractivity contribution in [1.29, 1.82) is 0 Å². The smallest absolute Gasteiger partial charge is 0.237 e. The minimum absolute atomic E-state index is 0.0830. The van der Waals surface area contributed by atoms with E-state index in [-0.39, 0.29) is 11.2 Å². The Morgan fingerprint density at radius 3 is 2.45 bits per heavy atom. The van der Waals surface area contributed by atoms with Gasteiger partial charge >= 0.3 is 0 Å². The van der Waals surface area contributed by atoms with Gasteiger partial charge in [0.1, 0.15) is 11.5 Å². The summed E-state index contributed by atoms with van der Waals surface area (Å²) in [4.78, 5) is 13.4. The molecule has 0 unspecified atom stereocenters. The van der Waals surface area contributed by atoms with Crippen molar-refractivity contribution in [3.8, 4) is 11.5 Å². The van der Waals surface area contributed by atoms with Crippen molar-refractivity contribution < 1.29 is 14.3 Å². The molecule has 2 aromatic rings. The highest BCUT2D eigenvalue weighted by Gasteiger charge is 2.16. The average molecular weight is 317 g/mol. The van der Waals surface area contributed by atoms with Crippen LogP contribution in [0.25, 0.3) is 0 Å². The van der Waals surface area contributed by atoms with E-state index in [9.17, 15) is 4.79 Å². The van der Waals surface area contributed by atoms with Gasteiger partial charge < -0.3 is 14.8 Å². The maximum Gasteiger partial charge on any atom is 0.237 e. The van der Waals surface area contributed by atoms with Gasteiger partial charge in [-0.2, -0.15) is 0 Å². The first-order valence-corrected chi connectivity index (χ1v) is 7.76. The molecule has 0 saturated heterocycles. The van der Waals surface area contributed by atoms with E-state index in [4.69, 9.17) is 9.47 Å². The van der Waals surface area contributed by atoms with E-state index in [1.165, 1.54) is 11.8 Å². The van der Waals surface area contributed by atoms with Gasteiger partial charge in [0.25, 0.3) is 0 Å². The van der Waals surface area contributed by atoms with Crippen LogP contribution in [0.3, 0.4) is 0 Å². The van der Waals surface area contributed by atoms with Crippen molar-refractivity contribution >= 4 is 23.4 Å². The van der Waals surface area contributed by atoms with Gasteiger partial charge in [-0.15, -0.1) is 11.8 Å². The van der Waals surface area contributed by atoms with Crippen LogP contribution in [0.5, 0.6) is 11.5 Å². The van der Waals surface area contributed by atoms with Crippen LogP contribution in [0.2, 0.25) is 0 Å². The zero-order valence-electron chi connectivity index (χ0n) is 12.8. The fourth-order valence-corrected chi connectivity index (χ4v) is 2.79. The first-order valence-electron chi connectivity index (χ1n) is 6.88. The minimum atomic E-state index is -0.224. The second-order valence-corrected chi connectivity index (χ2v) is 6.04. The molecule has 0 fully saturated rings. The first-order chi connectivity index (χ1) is 10.6. The number of rotatable bonds is 6. The Labute approximate surface area is 134 Å². The number of hydrogen-bond acceptors (Lipinski definition) is 4. The number of benzene rings is 2. The SMILES string of the molecule is COc1ccc(OC)c(NC(=O)[C@@H](C)Sc2ccccc2)c1. The molecular weight excluding hydrogens is 298 g/mol. The molecule has 0 aliphatic rings. The van der Waals surface area contributed by atoms with Gasteiger partial charge in [0.2, 0.25) is 5.91 Å². The van der Waals surface area contributed by atoms with Crippen molar-refractivity contribution in [3.63, 3.8) is 0 Å². The molecule has 2 aromatic carbocycles. The summed E-state index contributed by atoms with van der Waals surface area (Å²) in [6, 6.07) is 15.1. The van der Waals surface area contributed by atoms with Gasteiger partial charge in [0.05, 0.1) is 25.2 Å². The molecule has 0 bridgehead atoms. The van der Waals surface area contributed by atoms with Crippen LogP contribution in [-0.2, 0) is 4.79 Å². The zero-order chi connectivity index (χ0) is 15.9. The van der Waals surface area contributed by atoms with Crippen LogP contribution in [0.4, 0.5) is 5.69 Å². The maximum absolute atomic E-state index is 12.4. The molecule has 0 aliphatic carbocycles. The lowest BCUT2D eigenvalue weighted by atomic mass is 10.2. The van der Waals surface area contributed by atoms with Crippen molar-refractivity contribution in [2.45, 2.75) is 17.1 Å². The molecule has 1 amide bonds. The molecule has 2 rings (SSSR count). The fourth-order valence-electron chi connectivity index (χ4n) is 1.90. The number of hydrogen-bond donors (Lipinski definition) is 1. The Bertz CT molecular complexity index is 631. The standard InChI is InChI=1S/C17H19NO3S/c1-12(22-14-7-5-4-6-8-14)17(19)18-15-11-13(20-2)9-10-16(15)21-3/h4-12H,1-3H3,(H,18,19)/t12-/m1/s1. The molecule has 0 aromatic heterocycles. The van der Waals surface area contributed by atoms with Crippen molar-refractivity contribution in [1.82, 2.24) is 0 Å². The van der Waals surface area contributed by atoms with E-state index in [0.717, 1.165) is 4.90 Å². The Kier molecular flexibility index (Phi) is 5.72. The minimum Gasteiger partial charge on any atom is -0.497 e. The highest BCUT2D eigenvalue weighted by molar-refractivity contribution is 8.00. The lowest BCUT2D eigenvalue weighted by Gasteiger charge is -2.15. The Morgan fingerprint density at radius 2 is 1.82 bits per heavy atom. The largest absolute Gasteiger partial charge is 0.497 e. The molecule has 0 heterocycles. The highest BCUT2D eigenvalue weighted by atomic mass is 32.2. The number of thioether (sulfide) groups is 1. The van der Waals surface area contributed by atoms with Gasteiger partial charge in [-0.1, -0.05) is 18.2 Å². The molecule has 0 aliphatic heterocycles. The lowest BCUT2D eigenvalue weighted by molar-refractivity contribution is -0.115. The van der Waals surface area contributed by atoms with E-state index < -0.39 is 0 Å². The molecule has 22 heavy (non-hydrogen) atoms. The molecule has 116 valence electrons. The second-order valence-electron chi connectivity index (χ2n) is 4.63. The third-order valence-corrected chi connectivity index (χ3v) is 4.20. The molecule has 5 heteroatoms. The quantitative estimate of drug-likeness (QED) is 0.823. The van der Waals surface area contributed by atoms with E-state index in [1.807, 2.05) is 37.3 Å².